The molecule has 0 radical (unpaired) electrons. The second-order valence-electron chi connectivity index (χ2n) is 11.1. The molecule has 41 heavy (non-hydrogen) atoms. The molecule has 2 fully saturated rings. The molecule has 5 rings (SSSR count). The van der Waals surface area contributed by atoms with Crippen LogP contribution >= 0.6 is 0 Å². The van der Waals surface area contributed by atoms with E-state index in [-0.39, 0.29) is 12.1 Å². The number of rotatable bonds is 6. The Morgan fingerprint density at radius 2 is 1.71 bits per heavy atom. The topological polar surface area (TPSA) is 131 Å². The lowest BCUT2D eigenvalue weighted by Crippen LogP contribution is -2.59. The molecule has 3 aromatic rings. The number of nitriles is 1. The van der Waals surface area contributed by atoms with Crippen LogP contribution in [-0.4, -0.2) is 75.9 Å². The fourth-order valence-electron chi connectivity index (χ4n) is 5.94. The standard InChI is InChI=1S/C32H38N4O5/c1-19(25(17-33)32(40)34-18-28-30(38)31(39)29(37)20(2)41-28)26-11-12-27(35(26)3)23-8-7-22-16-24(10-9-21(22)15-23)36-13-5-4-6-14-36/h7-12,15-16,20,28-31,37-39H,4-6,13-14,18H2,1-3H3,(H,34,40)/b25-19+/t20?,28-,29+,30-,31-/m1/s1. The number of amides is 1. The van der Waals surface area contributed by atoms with E-state index >= 15 is 0 Å². The van der Waals surface area contributed by atoms with Crippen molar-refractivity contribution in [3.63, 3.8) is 0 Å². The minimum atomic E-state index is -1.39. The Morgan fingerprint density at radius 1 is 1.00 bits per heavy atom. The van der Waals surface area contributed by atoms with Gasteiger partial charge in [-0.2, -0.15) is 5.26 Å². The Balaban J connectivity index is 1.34. The number of aliphatic hydroxyl groups is 3. The summed E-state index contributed by atoms with van der Waals surface area (Å²) < 4.78 is 7.52. The number of carbonyl (C=O) groups is 1. The Bertz CT molecular complexity index is 1500. The highest BCUT2D eigenvalue weighted by atomic mass is 16.5. The fourth-order valence-corrected chi connectivity index (χ4v) is 5.94. The van der Waals surface area contributed by atoms with Crippen molar-refractivity contribution < 1.29 is 24.9 Å². The van der Waals surface area contributed by atoms with Gasteiger partial charge in [-0.1, -0.05) is 18.2 Å². The average molecular weight is 559 g/mol. The van der Waals surface area contributed by atoms with Crippen LogP contribution in [0.4, 0.5) is 5.69 Å². The molecule has 1 unspecified atom stereocenters. The van der Waals surface area contributed by atoms with E-state index in [1.54, 1.807) is 13.8 Å². The number of carbonyl (C=O) groups excluding carboxylic acids is 1. The molecular weight excluding hydrogens is 520 g/mol. The number of hydrogen-bond donors (Lipinski definition) is 4. The van der Waals surface area contributed by atoms with Crippen molar-refractivity contribution in [3.05, 3.63) is 59.8 Å². The lowest BCUT2D eigenvalue weighted by molar-refractivity contribution is -0.215. The van der Waals surface area contributed by atoms with Crippen molar-refractivity contribution in [3.8, 4) is 17.3 Å². The molecule has 2 aliphatic heterocycles. The molecule has 9 heteroatoms. The molecule has 0 spiro atoms. The van der Waals surface area contributed by atoms with Gasteiger partial charge in [-0.3, -0.25) is 4.79 Å². The monoisotopic (exact) mass is 558 g/mol. The van der Waals surface area contributed by atoms with Crippen molar-refractivity contribution >= 4 is 27.9 Å². The number of nitrogens with one attached hydrogen (secondary N) is 1. The first-order chi connectivity index (χ1) is 19.7. The van der Waals surface area contributed by atoms with E-state index in [1.165, 1.54) is 30.3 Å². The Morgan fingerprint density at radius 3 is 2.44 bits per heavy atom. The first-order valence-corrected chi connectivity index (χ1v) is 14.2. The number of ether oxygens (including phenoxy) is 1. The number of nitrogens with zero attached hydrogens (tertiary/aromatic N) is 3. The van der Waals surface area contributed by atoms with E-state index in [9.17, 15) is 25.4 Å². The number of piperidine rings is 1. The second-order valence-corrected chi connectivity index (χ2v) is 11.1. The predicted molar refractivity (Wildman–Crippen MR) is 158 cm³/mol. The summed E-state index contributed by atoms with van der Waals surface area (Å²) in [5.41, 5.74) is 4.45. The SMILES string of the molecule is C/C(=C(/C#N)C(=O)NC[C@H]1OC(C)[C@H](O)[C@@H](O)[C@@H]1O)c1ccc(-c2ccc3cc(N4CCCCC4)ccc3c2)n1C. The lowest BCUT2D eigenvalue weighted by Gasteiger charge is -2.39. The van der Waals surface area contributed by atoms with Crippen LogP contribution in [0.5, 0.6) is 0 Å². The largest absolute Gasteiger partial charge is 0.388 e. The van der Waals surface area contributed by atoms with Gasteiger partial charge in [-0.05, 0) is 85.4 Å². The molecule has 2 aromatic carbocycles. The summed E-state index contributed by atoms with van der Waals surface area (Å²) in [6, 6.07) is 18.9. The molecule has 5 atom stereocenters. The lowest BCUT2D eigenvalue weighted by atomic mass is 9.95. The Labute approximate surface area is 240 Å². The third kappa shape index (κ3) is 5.74. The van der Waals surface area contributed by atoms with Crippen molar-refractivity contribution in [2.75, 3.05) is 24.5 Å². The van der Waals surface area contributed by atoms with Crippen LogP contribution in [0.25, 0.3) is 27.6 Å². The zero-order valence-electron chi connectivity index (χ0n) is 23.7. The summed E-state index contributed by atoms with van der Waals surface area (Å²) in [4.78, 5) is 15.4. The Kier molecular flexibility index (Phi) is 8.47. The highest BCUT2D eigenvalue weighted by molar-refractivity contribution is 6.04. The van der Waals surface area contributed by atoms with Gasteiger partial charge < -0.3 is 34.8 Å². The second kappa shape index (κ2) is 12.0. The van der Waals surface area contributed by atoms with Gasteiger partial charge in [0.2, 0.25) is 0 Å². The summed E-state index contributed by atoms with van der Waals surface area (Å²) in [5, 5.41) is 45.0. The molecular formula is C32H38N4O5. The van der Waals surface area contributed by atoms with E-state index in [4.69, 9.17) is 4.74 Å². The van der Waals surface area contributed by atoms with Crippen molar-refractivity contribution in [1.82, 2.24) is 9.88 Å². The molecule has 0 saturated carbocycles. The van der Waals surface area contributed by atoms with Crippen LogP contribution in [-0.2, 0) is 16.6 Å². The molecule has 4 N–H and O–H groups in total. The van der Waals surface area contributed by atoms with Crippen molar-refractivity contribution in [2.24, 2.45) is 7.05 Å². The van der Waals surface area contributed by atoms with Gasteiger partial charge in [0.15, 0.2) is 0 Å². The third-order valence-electron chi connectivity index (χ3n) is 8.48. The van der Waals surface area contributed by atoms with Gasteiger partial charge in [0.25, 0.3) is 5.91 Å². The van der Waals surface area contributed by atoms with Crippen LogP contribution in [0.15, 0.2) is 54.1 Å². The summed E-state index contributed by atoms with van der Waals surface area (Å²) in [6.45, 7) is 5.40. The third-order valence-corrected chi connectivity index (χ3v) is 8.48. The van der Waals surface area contributed by atoms with Gasteiger partial charge in [-0.15, -0.1) is 0 Å². The van der Waals surface area contributed by atoms with Crippen LogP contribution < -0.4 is 10.2 Å². The number of allylic oxidation sites excluding steroid dienone is 1. The molecule has 216 valence electrons. The quantitative estimate of drug-likeness (QED) is 0.270. The number of anilines is 1. The van der Waals surface area contributed by atoms with Gasteiger partial charge in [0.05, 0.1) is 6.10 Å². The van der Waals surface area contributed by atoms with Crippen molar-refractivity contribution in [2.45, 2.75) is 63.6 Å². The number of fused-ring (bicyclic) bond motifs is 1. The molecule has 9 nitrogen and oxygen atoms in total. The number of benzene rings is 2. The molecule has 3 heterocycles. The van der Waals surface area contributed by atoms with E-state index in [2.05, 4.69) is 46.6 Å². The van der Waals surface area contributed by atoms with Crippen LogP contribution in [0, 0.1) is 11.3 Å². The summed E-state index contributed by atoms with van der Waals surface area (Å²) in [7, 11) is 1.91. The summed E-state index contributed by atoms with van der Waals surface area (Å²) in [6.07, 6.45) is -1.83. The predicted octanol–water partition coefficient (Wildman–Crippen LogP) is 3.12. The minimum Gasteiger partial charge on any atom is -0.388 e. The zero-order valence-corrected chi connectivity index (χ0v) is 23.7. The van der Waals surface area contributed by atoms with Gasteiger partial charge in [0, 0.05) is 43.8 Å². The maximum atomic E-state index is 13.0. The van der Waals surface area contributed by atoms with Gasteiger partial charge in [-0.25, -0.2) is 0 Å². The van der Waals surface area contributed by atoms with Gasteiger partial charge in [0.1, 0.15) is 36.1 Å². The van der Waals surface area contributed by atoms with Crippen LogP contribution in [0.3, 0.4) is 0 Å². The fraction of sp³-hybridized carbons (Fsp3) is 0.438. The van der Waals surface area contributed by atoms with E-state index in [1.807, 2.05) is 29.8 Å². The summed E-state index contributed by atoms with van der Waals surface area (Å²) >= 11 is 0. The van der Waals surface area contributed by atoms with Crippen molar-refractivity contribution in [1.29, 1.82) is 5.26 Å². The molecule has 0 aliphatic carbocycles. The highest BCUT2D eigenvalue weighted by Crippen LogP contribution is 2.31. The van der Waals surface area contributed by atoms with E-state index in [0.29, 0.717) is 5.57 Å². The molecule has 0 bridgehead atoms. The maximum absolute atomic E-state index is 13.0. The number of hydrogen-bond acceptors (Lipinski definition) is 7. The summed E-state index contributed by atoms with van der Waals surface area (Å²) in [5.74, 6) is -0.605. The zero-order chi connectivity index (χ0) is 29.3. The molecule has 1 amide bonds. The number of aromatic nitrogens is 1. The maximum Gasteiger partial charge on any atom is 0.262 e. The number of aliphatic hydroxyl groups excluding tert-OH is 3. The van der Waals surface area contributed by atoms with E-state index < -0.39 is 36.4 Å². The first kappa shape index (κ1) is 28.8. The minimum absolute atomic E-state index is 0.0552. The molecule has 2 aliphatic rings. The highest BCUT2D eigenvalue weighted by Gasteiger charge is 2.41. The molecule has 2 saturated heterocycles. The smallest absolute Gasteiger partial charge is 0.262 e. The average Bonchev–Trinajstić information content (AvgIpc) is 3.38. The van der Waals surface area contributed by atoms with Crippen LogP contribution in [0.2, 0.25) is 0 Å². The van der Waals surface area contributed by atoms with E-state index in [0.717, 1.165) is 35.4 Å². The molecule has 1 aromatic heterocycles. The Hall–Kier alpha value is -3.68. The van der Waals surface area contributed by atoms with Gasteiger partial charge >= 0.3 is 0 Å². The van der Waals surface area contributed by atoms with Crippen LogP contribution in [0.1, 0.15) is 38.8 Å². The first-order valence-electron chi connectivity index (χ1n) is 14.2. The normalized spacial score (nSPS) is 25.5.